The lowest BCUT2D eigenvalue weighted by Crippen LogP contribution is -1.99. The highest BCUT2D eigenvalue weighted by molar-refractivity contribution is 5.90. The Morgan fingerprint density at radius 2 is 1.74 bits per heavy atom. The zero-order chi connectivity index (χ0) is 14.0. The van der Waals surface area contributed by atoms with Crippen LogP contribution in [0.5, 0.6) is 0 Å². The molecule has 0 aliphatic rings. The Kier molecular flexibility index (Phi) is 3.70. The van der Waals surface area contributed by atoms with Gasteiger partial charge >= 0.3 is 5.97 Å². The maximum absolute atomic E-state index is 11.0. The van der Waals surface area contributed by atoms with Crippen molar-refractivity contribution in [2.24, 2.45) is 0 Å². The Hall–Kier alpha value is -2.09. The van der Waals surface area contributed by atoms with E-state index >= 15 is 0 Å². The molecule has 0 unspecified atom stereocenters. The number of carboxylic acids is 1. The van der Waals surface area contributed by atoms with Crippen molar-refractivity contribution in [1.82, 2.24) is 0 Å². The third-order valence-corrected chi connectivity index (χ3v) is 3.34. The third-order valence-electron chi connectivity index (χ3n) is 3.34. The zero-order valence-corrected chi connectivity index (χ0v) is 11.5. The largest absolute Gasteiger partial charge is 0.478 e. The molecule has 0 aliphatic carbocycles. The van der Waals surface area contributed by atoms with Crippen molar-refractivity contribution in [1.29, 1.82) is 0 Å². The molecular weight excluding hydrogens is 236 g/mol. The molecule has 0 amide bonds. The van der Waals surface area contributed by atoms with E-state index in [2.05, 4.69) is 32.0 Å². The molecule has 0 aromatic heterocycles. The second kappa shape index (κ2) is 5.27. The van der Waals surface area contributed by atoms with Crippen molar-refractivity contribution in [2.75, 3.05) is 0 Å². The van der Waals surface area contributed by atoms with E-state index < -0.39 is 5.97 Å². The van der Waals surface area contributed by atoms with Gasteiger partial charge < -0.3 is 5.11 Å². The summed E-state index contributed by atoms with van der Waals surface area (Å²) in [6, 6.07) is 13.9. The third kappa shape index (κ3) is 2.84. The molecule has 0 saturated carbocycles. The lowest BCUT2D eigenvalue weighted by molar-refractivity contribution is 0.0696. The van der Waals surface area contributed by atoms with Crippen LogP contribution < -0.4 is 0 Å². The maximum atomic E-state index is 11.0. The highest BCUT2D eigenvalue weighted by Crippen LogP contribution is 2.25. The van der Waals surface area contributed by atoms with Crippen LogP contribution in [0, 0.1) is 6.92 Å². The normalized spacial score (nSPS) is 10.7. The van der Waals surface area contributed by atoms with Gasteiger partial charge in [0.1, 0.15) is 0 Å². The highest BCUT2D eigenvalue weighted by Gasteiger charge is 2.08. The van der Waals surface area contributed by atoms with Crippen molar-refractivity contribution in [2.45, 2.75) is 26.7 Å². The van der Waals surface area contributed by atoms with Gasteiger partial charge in [-0.05, 0) is 41.2 Å². The summed E-state index contributed by atoms with van der Waals surface area (Å²) >= 11 is 0. The molecule has 98 valence electrons. The minimum absolute atomic E-state index is 0.365. The summed E-state index contributed by atoms with van der Waals surface area (Å²) in [6.07, 6.45) is 0. The van der Waals surface area contributed by atoms with Crippen LogP contribution in [-0.2, 0) is 0 Å². The molecule has 2 nitrogen and oxygen atoms in total. The molecule has 19 heavy (non-hydrogen) atoms. The number of aromatic carboxylic acids is 1. The van der Waals surface area contributed by atoms with Gasteiger partial charge in [0.25, 0.3) is 0 Å². The Morgan fingerprint density at radius 3 is 2.32 bits per heavy atom. The lowest BCUT2D eigenvalue weighted by Gasteiger charge is -2.10. The van der Waals surface area contributed by atoms with E-state index in [1.165, 1.54) is 5.56 Å². The molecule has 1 N–H and O–H groups in total. The quantitative estimate of drug-likeness (QED) is 0.876. The minimum atomic E-state index is -0.875. The Morgan fingerprint density at radius 1 is 1.05 bits per heavy atom. The fourth-order valence-corrected chi connectivity index (χ4v) is 2.16. The van der Waals surface area contributed by atoms with E-state index in [0.29, 0.717) is 11.5 Å². The molecule has 2 rings (SSSR count). The van der Waals surface area contributed by atoms with Crippen LogP contribution in [0.1, 0.15) is 41.3 Å². The number of carbonyl (C=O) groups is 1. The zero-order valence-electron chi connectivity index (χ0n) is 11.5. The number of aryl methyl sites for hydroxylation is 1. The van der Waals surface area contributed by atoms with Gasteiger partial charge in [-0.15, -0.1) is 0 Å². The first-order chi connectivity index (χ1) is 8.99. The number of benzene rings is 2. The topological polar surface area (TPSA) is 37.3 Å². The number of rotatable bonds is 3. The fourth-order valence-electron chi connectivity index (χ4n) is 2.16. The van der Waals surface area contributed by atoms with Crippen LogP contribution in [0.2, 0.25) is 0 Å². The highest BCUT2D eigenvalue weighted by atomic mass is 16.4. The van der Waals surface area contributed by atoms with Crippen LogP contribution in [0.25, 0.3) is 11.1 Å². The standard InChI is InChI=1S/C17H18O2/c1-11(2)13-5-4-6-14(10-13)15-7-8-16(17(18)19)12(3)9-15/h4-11H,1-3H3,(H,18,19). The van der Waals surface area contributed by atoms with E-state index in [0.717, 1.165) is 16.7 Å². The van der Waals surface area contributed by atoms with Crippen LogP contribution in [0.15, 0.2) is 42.5 Å². The van der Waals surface area contributed by atoms with Crippen LogP contribution >= 0.6 is 0 Å². The summed E-state index contributed by atoms with van der Waals surface area (Å²) in [4.78, 5) is 11.0. The van der Waals surface area contributed by atoms with Crippen LogP contribution in [-0.4, -0.2) is 11.1 Å². The molecule has 2 heteroatoms. The molecule has 0 saturated heterocycles. The minimum Gasteiger partial charge on any atom is -0.478 e. The first-order valence-electron chi connectivity index (χ1n) is 6.43. The van der Waals surface area contributed by atoms with Gasteiger partial charge in [-0.1, -0.05) is 50.2 Å². The number of hydrogen-bond donors (Lipinski definition) is 1. The predicted octanol–water partition coefficient (Wildman–Crippen LogP) is 4.48. The smallest absolute Gasteiger partial charge is 0.335 e. The van der Waals surface area contributed by atoms with Gasteiger partial charge in [0.15, 0.2) is 0 Å². The Labute approximate surface area is 113 Å². The van der Waals surface area contributed by atoms with Gasteiger partial charge in [-0.3, -0.25) is 0 Å². The number of hydrogen-bond acceptors (Lipinski definition) is 1. The first-order valence-corrected chi connectivity index (χ1v) is 6.43. The van der Waals surface area contributed by atoms with Crippen LogP contribution in [0.4, 0.5) is 0 Å². The number of carboxylic acid groups (broad SMARTS) is 1. The average molecular weight is 254 g/mol. The summed E-state index contributed by atoms with van der Waals surface area (Å²) in [5.41, 5.74) is 4.64. The molecule has 0 atom stereocenters. The SMILES string of the molecule is Cc1cc(-c2cccc(C(C)C)c2)ccc1C(=O)O. The Bertz CT molecular complexity index is 612. The molecule has 2 aromatic rings. The molecular formula is C17H18O2. The van der Waals surface area contributed by atoms with Crippen molar-refractivity contribution < 1.29 is 9.90 Å². The van der Waals surface area contributed by atoms with E-state index in [-0.39, 0.29) is 0 Å². The van der Waals surface area contributed by atoms with Gasteiger partial charge in [0.2, 0.25) is 0 Å². The van der Waals surface area contributed by atoms with Gasteiger partial charge in [0.05, 0.1) is 5.56 Å². The fraction of sp³-hybridized carbons (Fsp3) is 0.235. The van der Waals surface area contributed by atoms with Gasteiger partial charge in [-0.25, -0.2) is 4.79 Å². The molecule has 2 aromatic carbocycles. The van der Waals surface area contributed by atoms with Crippen molar-refractivity contribution in [3.05, 3.63) is 59.2 Å². The molecule has 0 bridgehead atoms. The maximum Gasteiger partial charge on any atom is 0.335 e. The molecule has 0 radical (unpaired) electrons. The summed E-state index contributed by atoms with van der Waals surface area (Å²) < 4.78 is 0. The van der Waals surface area contributed by atoms with Crippen molar-refractivity contribution in [3.63, 3.8) is 0 Å². The summed E-state index contributed by atoms with van der Waals surface area (Å²) in [7, 11) is 0. The monoisotopic (exact) mass is 254 g/mol. The molecule has 0 aliphatic heterocycles. The van der Waals surface area contributed by atoms with E-state index in [1.807, 2.05) is 25.1 Å². The second-order valence-corrected chi connectivity index (χ2v) is 5.12. The van der Waals surface area contributed by atoms with Gasteiger partial charge in [0, 0.05) is 0 Å². The lowest BCUT2D eigenvalue weighted by atomic mass is 9.95. The summed E-state index contributed by atoms with van der Waals surface area (Å²) in [5.74, 6) is -0.390. The average Bonchev–Trinajstić information content (AvgIpc) is 2.38. The molecule has 0 spiro atoms. The second-order valence-electron chi connectivity index (χ2n) is 5.12. The van der Waals surface area contributed by atoms with E-state index in [1.54, 1.807) is 6.07 Å². The predicted molar refractivity (Wildman–Crippen MR) is 77.7 cm³/mol. The van der Waals surface area contributed by atoms with E-state index in [9.17, 15) is 4.79 Å². The summed E-state index contributed by atoms with van der Waals surface area (Å²) in [5, 5.41) is 9.04. The molecule has 0 fully saturated rings. The molecule has 0 heterocycles. The van der Waals surface area contributed by atoms with Crippen LogP contribution in [0.3, 0.4) is 0 Å². The van der Waals surface area contributed by atoms with Crippen molar-refractivity contribution >= 4 is 5.97 Å². The van der Waals surface area contributed by atoms with Crippen molar-refractivity contribution in [3.8, 4) is 11.1 Å². The Balaban J connectivity index is 2.45. The van der Waals surface area contributed by atoms with Gasteiger partial charge in [-0.2, -0.15) is 0 Å². The van der Waals surface area contributed by atoms with E-state index in [4.69, 9.17) is 5.11 Å². The first kappa shape index (κ1) is 13.3. The summed E-state index contributed by atoms with van der Waals surface area (Å²) in [6.45, 7) is 6.16.